The van der Waals surface area contributed by atoms with Gasteiger partial charge in [-0.15, -0.1) is 0 Å². The second kappa shape index (κ2) is 3.60. The third-order valence-corrected chi connectivity index (χ3v) is 3.01. The van der Waals surface area contributed by atoms with E-state index in [9.17, 15) is 9.59 Å². The number of hydrogen-bond acceptors (Lipinski definition) is 2. The molecule has 74 valence electrons. The minimum Gasteiger partial charge on any atom is -0.299 e. The predicted octanol–water partition coefficient (Wildman–Crippen LogP) is 2.36. The molecule has 0 radical (unpaired) electrons. The van der Waals surface area contributed by atoms with E-state index in [1.807, 2.05) is 20.8 Å². The van der Waals surface area contributed by atoms with Gasteiger partial charge in [-0.1, -0.05) is 20.3 Å². The molecule has 1 fully saturated rings. The van der Waals surface area contributed by atoms with Gasteiger partial charge in [-0.3, -0.25) is 9.59 Å². The number of rotatable bonds is 2. The van der Waals surface area contributed by atoms with Crippen LogP contribution >= 0.6 is 0 Å². The van der Waals surface area contributed by atoms with Crippen LogP contribution in [0.5, 0.6) is 0 Å². The van der Waals surface area contributed by atoms with E-state index in [-0.39, 0.29) is 17.5 Å². The van der Waals surface area contributed by atoms with Gasteiger partial charge in [0.05, 0.1) is 5.41 Å². The number of ketones is 2. The zero-order valence-electron chi connectivity index (χ0n) is 8.72. The highest BCUT2D eigenvalue weighted by Crippen LogP contribution is 2.35. The summed E-state index contributed by atoms with van der Waals surface area (Å²) in [6.45, 7) is 5.56. The van der Waals surface area contributed by atoms with Crippen molar-refractivity contribution in [2.75, 3.05) is 0 Å². The van der Waals surface area contributed by atoms with E-state index in [4.69, 9.17) is 0 Å². The van der Waals surface area contributed by atoms with Crippen molar-refractivity contribution < 1.29 is 9.59 Å². The Bertz CT molecular complexity index is 230. The highest BCUT2D eigenvalue weighted by atomic mass is 16.2. The Hall–Kier alpha value is -0.660. The summed E-state index contributed by atoms with van der Waals surface area (Å²) in [4.78, 5) is 23.5. The van der Waals surface area contributed by atoms with Crippen LogP contribution in [0.25, 0.3) is 0 Å². The molecule has 1 unspecified atom stereocenters. The largest absolute Gasteiger partial charge is 0.299 e. The molecule has 1 atom stereocenters. The first kappa shape index (κ1) is 10.4. The van der Waals surface area contributed by atoms with Crippen molar-refractivity contribution in [3.05, 3.63) is 0 Å². The summed E-state index contributed by atoms with van der Waals surface area (Å²) in [5.74, 6) is 0.252. The lowest BCUT2D eigenvalue weighted by Crippen LogP contribution is -2.41. The van der Waals surface area contributed by atoms with Crippen molar-refractivity contribution in [1.82, 2.24) is 0 Å². The Morgan fingerprint density at radius 1 is 1.38 bits per heavy atom. The topological polar surface area (TPSA) is 34.1 Å². The van der Waals surface area contributed by atoms with E-state index < -0.39 is 5.41 Å². The van der Waals surface area contributed by atoms with Crippen LogP contribution in [-0.2, 0) is 9.59 Å². The van der Waals surface area contributed by atoms with E-state index in [0.29, 0.717) is 6.42 Å². The summed E-state index contributed by atoms with van der Waals surface area (Å²) in [7, 11) is 0. The normalized spacial score (nSPS) is 29.4. The van der Waals surface area contributed by atoms with Crippen molar-refractivity contribution in [3.63, 3.8) is 0 Å². The van der Waals surface area contributed by atoms with Gasteiger partial charge in [-0.05, 0) is 19.8 Å². The summed E-state index contributed by atoms with van der Waals surface area (Å²) in [6, 6.07) is 0. The molecule has 0 saturated heterocycles. The molecular weight excluding hydrogens is 164 g/mol. The third-order valence-electron chi connectivity index (χ3n) is 3.01. The Balaban J connectivity index is 2.84. The molecule has 0 aromatic rings. The van der Waals surface area contributed by atoms with E-state index in [1.165, 1.54) is 0 Å². The Labute approximate surface area is 79.7 Å². The quantitative estimate of drug-likeness (QED) is 0.614. The van der Waals surface area contributed by atoms with Gasteiger partial charge >= 0.3 is 0 Å². The van der Waals surface area contributed by atoms with E-state index in [2.05, 4.69) is 0 Å². The number of carbonyl (C=O) groups is 2. The summed E-state index contributed by atoms with van der Waals surface area (Å²) in [5, 5.41) is 0. The first-order valence-corrected chi connectivity index (χ1v) is 5.06. The van der Waals surface area contributed by atoms with Crippen LogP contribution in [0.4, 0.5) is 0 Å². The lowest BCUT2D eigenvalue weighted by atomic mass is 9.69. The molecule has 2 heteroatoms. The molecule has 0 aromatic heterocycles. The van der Waals surface area contributed by atoms with Crippen molar-refractivity contribution in [3.8, 4) is 0 Å². The van der Waals surface area contributed by atoms with Crippen LogP contribution in [-0.4, -0.2) is 11.6 Å². The molecular formula is C11H18O2. The zero-order chi connectivity index (χ0) is 10.1. The summed E-state index contributed by atoms with van der Waals surface area (Å²) in [6.07, 6.45) is 3.32. The molecule has 0 aromatic carbocycles. The second-order valence-corrected chi connectivity index (χ2v) is 4.48. The zero-order valence-corrected chi connectivity index (χ0v) is 8.72. The van der Waals surface area contributed by atoms with Crippen LogP contribution in [0.3, 0.4) is 0 Å². The van der Waals surface area contributed by atoms with Gasteiger partial charge in [-0.25, -0.2) is 0 Å². The molecule has 2 nitrogen and oxygen atoms in total. The van der Waals surface area contributed by atoms with Gasteiger partial charge in [0.15, 0.2) is 0 Å². The highest BCUT2D eigenvalue weighted by Gasteiger charge is 2.42. The van der Waals surface area contributed by atoms with Gasteiger partial charge in [0.1, 0.15) is 11.6 Å². The number of Topliss-reactive ketones (excluding diaryl/α,β-unsaturated/α-hetero) is 2. The van der Waals surface area contributed by atoms with Crippen molar-refractivity contribution >= 4 is 11.6 Å². The van der Waals surface area contributed by atoms with Crippen LogP contribution < -0.4 is 0 Å². The van der Waals surface area contributed by atoms with Gasteiger partial charge in [0.2, 0.25) is 0 Å². The van der Waals surface area contributed by atoms with Crippen molar-refractivity contribution in [1.29, 1.82) is 0 Å². The van der Waals surface area contributed by atoms with Gasteiger partial charge in [0.25, 0.3) is 0 Å². The SMILES string of the molecule is CC(C)C(=O)C1(C)CCCCC1=O. The maximum absolute atomic E-state index is 11.8. The Morgan fingerprint density at radius 3 is 2.46 bits per heavy atom. The van der Waals surface area contributed by atoms with Crippen LogP contribution in [0.1, 0.15) is 46.5 Å². The second-order valence-electron chi connectivity index (χ2n) is 4.48. The first-order chi connectivity index (χ1) is 5.98. The summed E-state index contributed by atoms with van der Waals surface area (Å²) < 4.78 is 0. The molecule has 0 heterocycles. The molecule has 1 aliphatic carbocycles. The molecule has 0 spiro atoms. The lowest BCUT2D eigenvalue weighted by molar-refractivity contribution is -0.143. The minimum absolute atomic E-state index is 0.0212. The smallest absolute Gasteiger partial charge is 0.148 e. The van der Waals surface area contributed by atoms with Crippen molar-refractivity contribution in [2.24, 2.45) is 11.3 Å². The van der Waals surface area contributed by atoms with Crippen LogP contribution in [0.15, 0.2) is 0 Å². The van der Waals surface area contributed by atoms with E-state index in [0.717, 1.165) is 19.3 Å². The number of carbonyl (C=O) groups excluding carboxylic acids is 2. The van der Waals surface area contributed by atoms with E-state index in [1.54, 1.807) is 0 Å². The van der Waals surface area contributed by atoms with Crippen molar-refractivity contribution in [2.45, 2.75) is 46.5 Å². The average molecular weight is 182 g/mol. The fraction of sp³-hybridized carbons (Fsp3) is 0.818. The van der Waals surface area contributed by atoms with Gasteiger partial charge in [0, 0.05) is 12.3 Å². The maximum Gasteiger partial charge on any atom is 0.148 e. The van der Waals surface area contributed by atoms with Gasteiger partial charge in [-0.2, -0.15) is 0 Å². The fourth-order valence-electron chi connectivity index (χ4n) is 2.08. The Kier molecular flexibility index (Phi) is 2.89. The van der Waals surface area contributed by atoms with Gasteiger partial charge < -0.3 is 0 Å². The molecule has 1 aliphatic rings. The molecule has 0 bridgehead atoms. The maximum atomic E-state index is 11.8. The molecule has 13 heavy (non-hydrogen) atoms. The molecule has 1 rings (SSSR count). The average Bonchev–Trinajstić information content (AvgIpc) is 2.09. The molecule has 1 saturated carbocycles. The number of hydrogen-bond donors (Lipinski definition) is 0. The van der Waals surface area contributed by atoms with Crippen LogP contribution in [0, 0.1) is 11.3 Å². The lowest BCUT2D eigenvalue weighted by Gasteiger charge is -2.31. The van der Waals surface area contributed by atoms with E-state index >= 15 is 0 Å². The van der Waals surface area contributed by atoms with Crippen LogP contribution in [0.2, 0.25) is 0 Å². The first-order valence-electron chi connectivity index (χ1n) is 5.06. The fourth-order valence-corrected chi connectivity index (χ4v) is 2.08. The molecule has 0 amide bonds. The molecule has 0 aliphatic heterocycles. The third kappa shape index (κ3) is 1.82. The highest BCUT2D eigenvalue weighted by molar-refractivity contribution is 6.07. The Morgan fingerprint density at radius 2 is 2.00 bits per heavy atom. The standard InChI is InChI=1S/C11H18O2/c1-8(2)10(13)11(3)7-5-4-6-9(11)12/h8H,4-7H2,1-3H3. The minimum atomic E-state index is -0.660. The predicted molar refractivity (Wildman–Crippen MR) is 51.4 cm³/mol. The monoisotopic (exact) mass is 182 g/mol. The summed E-state index contributed by atoms with van der Waals surface area (Å²) in [5.41, 5.74) is -0.660. The summed E-state index contributed by atoms with van der Waals surface area (Å²) >= 11 is 0. The molecule has 0 N–H and O–H groups in total.